The molecule has 4 heterocycles. The third kappa shape index (κ3) is 3.16. The molecule has 2 N–H and O–H groups in total. The van der Waals surface area contributed by atoms with Crippen molar-refractivity contribution in [3.8, 4) is 5.88 Å². The summed E-state index contributed by atoms with van der Waals surface area (Å²) in [7, 11) is 0. The molecule has 1 saturated heterocycles. The van der Waals surface area contributed by atoms with Gasteiger partial charge in [0, 0.05) is 17.7 Å². The minimum atomic E-state index is -0.607. The second-order valence-electron chi connectivity index (χ2n) is 9.76. The maximum absolute atomic E-state index is 6.46. The predicted molar refractivity (Wildman–Crippen MR) is 119 cm³/mol. The van der Waals surface area contributed by atoms with Gasteiger partial charge in [-0.2, -0.15) is 0 Å². The summed E-state index contributed by atoms with van der Waals surface area (Å²) in [6, 6.07) is 7.55. The van der Waals surface area contributed by atoms with Crippen LogP contribution in [0.5, 0.6) is 5.88 Å². The standard InChI is InChI=1S/C23H26ClN5O3/c1-22(2)31-18-15(29-7-6-14-20(25)26-12-27-21(14)29)10-23(19(18)32-22)8-13(9-23)11-30-17-5-3-4-16(24)28-17/h3-7,12-13,15,18-19H,8-11H2,1-2H3,(H2,25,26,27)/t13?,15-,18+,19+,23?/m1/s1. The Morgan fingerprint density at radius 3 is 2.84 bits per heavy atom. The Balaban J connectivity index is 1.23. The zero-order valence-electron chi connectivity index (χ0n) is 18.1. The lowest BCUT2D eigenvalue weighted by molar-refractivity contribution is -0.183. The maximum atomic E-state index is 6.46. The molecule has 2 saturated carbocycles. The average molecular weight is 456 g/mol. The summed E-state index contributed by atoms with van der Waals surface area (Å²) >= 11 is 5.97. The van der Waals surface area contributed by atoms with Crippen molar-refractivity contribution < 1.29 is 14.2 Å². The van der Waals surface area contributed by atoms with Gasteiger partial charge in [-0.15, -0.1) is 0 Å². The number of anilines is 1. The molecule has 168 valence electrons. The van der Waals surface area contributed by atoms with E-state index in [4.69, 9.17) is 31.5 Å². The fraction of sp³-hybridized carbons (Fsp3) is 0.522. The van der Waals surface area contributed by atoms with E-state index in [9.17, 15) is 0 Å². The van der Waals surface area contributed by atoms with Gasteiger partial charge in [-0.3, -0.25) is 0 Å². The minimum absolute atomic E-state index is 0.0340. The van der Waals surface area contributed by atoms with E-state index in [1.165, 1.54) is 6.33 Å². The third-order valence-corrected chi connectivity index (χ3v) is 7.38. The number of nitrogen functional groups attached to an aromatic ring is 1. The second-order valence-corrected chi connectivity index (χ2v) is 10.1. The van der Waals surface area contributed by atoms with E-state index in [0.29, 0.717) is 29.4 Å². The molecule has 1 aliphatic heterocycles. The van der Waals surface area contributed by atoms with E-state index in [-0.39, 0.29) is 23.7 Å². The van der Waals surface area contributed by atoms with Crippen LogP contribution in [0.1, 0.15) is 39.2 Å². The maximum Gasteiger partial charge on any atom is 0.214 e. The van der Waals surface area contributed by atoms with Crippen molar-refractivity contribution in [2.75, 3.05) is 12.3 Å². The molecule has 0 radical (unpaired) electrons. The topological polar surface area (TPSA) is 97.3 Å². The molecule has 0 unspecified atom stereocenters. The van der Waals surface area contributed by atoms with E-state index < -0.39 is 5.79 Å². The van der Waals surface area contributed by atoms with E-state index in [0.717, 1.165) is 30.3 Å². The van der Waals surface area contributed by atoms with Gasteiger partial charge in [-0.25, -0.2) is 15.0 Å². The lowest BCUT2D eigenvalue weighted by Crippen LogP contribution is -2.47. The number of nitrogens with zero attached hydrogens (tertiary/aromatic N) is 4. The Labute approximate surface area is 191 Å². The number of hydrogen-bond donors (Lipinski definition) is 1. The van der Waals surface area contributed by atoms with Crippen molar-refractivity contribution >= 4 is 28.5 Å². The molecule has 0 bridgehead atoms. The van der Waals surface area contributed by atoms with Crippen LogP contribution in [0, 0.1) is 11.3 Å². The summed E-state index contributed by atoms with van der Waals surface area (Å²) in [6.07, 6.45) is 6.61. The van der Waals surface area contributed by atoms with Crippen LogP contribution in [0.15, 0.2) is 36.8 Å². The fourth-order valence-corrected chi connectivity index (χ4v) is 6.14. The first-order chi connectivity index (χ1) is 15.3. The van der Waals surface area contributed by atoms with Crippen molar-refractivity contribution in [2.45, 2.75) is 57.1 Å². The first-order valence-corrected chi connectivity index (χ1v) is 11.4. The van der Waals surface area contributed by atoms with Crippen molar-refractivity contribution in [1.82, 2.24) is 19.5 Å². The number of fused-ring (bicyclic) bond motifs is 3. The highest BCUT2D eigenvalue weighted by Crippen LogP contribution is 2.63. The van der Waals surface area contributed by atoms with Crippen LogP contribution in [0.3, 0.4) is 0 Å². The molecule has 6 rings (SSSR count). The number of nitrogens with two attached hydrogens (primary N) is 1. The van der Waals surface area contributed by atoms with E-state index in [1.54, 1.807) is 6.07 Å². The number of pyridine rings is 1. The zero-order valence-corrected chi connectivity index (χ0v) is 18.8. The molecule has 9 heteroatoms. The summed E-state index contributed by atoms with van der Waals surface area (Å²) in [6.45, 7) is 4.61. The van der Waals surface area contributed by atoms with E-state index >= 15 is 0 Å². The van der Waals surface area contributed by atoms with Crippen LogP contribution in [-0.4, -0.2) is 44.1 Å². The quantitative estimate of drug-likeness (QED) is 0.593. The third-order valence-electron chi connectivity index (χ3n) is 7.17. The highest BCUT2D eigenvalue weighted by Gasteiger charge is 2.65. The van der Waals surface area contributed by atoms with Crippen LogP contribution in [-0.2, 0) is 9.47 Å². The second kappa shape index (κ2) is 7.04. The molecule has 0 aromatic carbocycles. The van der Waals surface area contributed by atoms with Crippen LogP contribution in [0.25, 0.3) is 11.0 Å². The Hall–Kier alpha value is -2.42. The molecule has 3 aromatic rings. The Morgan fingerprint density at radius 2 is 2.03 bits per heavy atom. The molecule has 3 fully saturated rings. The van der Waals surface area contributed by atoms with Gasteiger partial charge in [-0.1, -0.05) is 17.7 Å². The summed E-state index contributed by atoms with van der Waals surface area (Å²) in [5, 5.41) is 1.31. The monoisotopic (exact) mass is 455 g/mol. The minimum Gasteiger partial charge on any atom is -0.477 e. The molecule has 1 spiro atoms. The molecule has 2 aliphatic carbocycles. The molecule has 3 aromatic heterocycles. The van der Waals surface area contributed by atoms with Gasteiger partial charge in [0.05, 0.1) is 24.1 Å². The Bertz CT molecular complexity index is 1180. The highest BCUT2D eigenvalue weighted by molar-refractivity contribution is 6.29. The summed E-state index contributed by atoms with van der Waals surface area (Å²) in [5.41, 5.74) is 6.98. The molecular weight excluding hydrogens is 430 g/mol. The van der Waals surface area contributed by atoms with Crippen molar-refractivity contribution in [3.63, 3.8) is 0 Å². The molecule has 32 heavy (non-hydrogen) atoms. The van der Waals surface area contributed by atoms with Gasteiger partial charge in [0.25, 0.3) is 0 Å². The average Bonchev–Trinajstić information content (AvgIpc) is 3.36. The van der Waals surface area contributed by atoms with Crippen molar-refractivity contribution in [2.24, 2.45) is 11.3 Å². The molecule has 8 nitrogen and oxygen atoms in total. The predicted octanol–water partition coefficient (Wildman–Crippen LogP) is 4.00. The van der Waals surface area contributed by atoms with E-state index in [1.807, 2.05) is 32.0 Å². The molecule has 3 aliphatic rings. The Morgan fingerprint density at radius 1 is 1.19 bits per heavy atom. The highest BCUT2D eigenvalue weighted by atomic mass is 35.5. The molecular formula is C23H26ClN5O3. The van der Waals surface area contributed by atoms with E-state index in [2.05, 4.69) is 25.7 Å². The van der Waals surface area contributed by atoms with Gasteiger partial charge < -0.3 is 24.5 Å². The first-order valence-electron chi connectivity index (χ1n) is 11.0. The lowest BCUT2D eigenvalue weighted by atomic mass is 9.60. The van der Waals surface area contributed by atoms with Gasteiger partial charge in [0.1, 0.15) is 29.0 Å². The summed E-state index contributed by atoms with van der Waals surface area (Å²) < 4.78 is 21.0. The van der Waals surface area contributed by atoms with Crippen molar-refractivity contribution in [3.05, 3.63) is 41.9 Å². The summed E-state index contributed by atoms with van der Waals surface area (Å²) in [4.78, 5) is 12.9. The van der Waals surface area contributed by atoms with Crippen LogP contribution >= 0.6 is 11.6 Å². The van der Waals surface area contributed by atoms with Crippen LogP contribution in [0.4, 0.5) is 5.82 Å². The van der Waals surface area contributed by atoms with Crippen LogP contribution in [0.2, 0.25) is 5.15 Å². The summed E-state index contributed by atoms with van der Waals surface area (Å²) in [5.74, 6) is 0.905. The molecule has 0 amide bonds. The van der Waals surface area contributed by atoms with Gasteiger partial charge >= 0.3 is 0 Å². The number of aromatic nitrogens is 4. The number of hydrogen-bond acceptors (Lipinski definition) is 7. The number of ether oxygens (including phenoxy) is 3. The SMILES string of the molecule is CC1(C)O[C@H]2[C@H](n3ccc4c(N)ncnc43)CC3(CC(COc4cccc(Cl)n4)C3)[C@H]2O1. The number of halogens is 1. The van der Waals surface area contributed by atoms with Gasteiger partial charge in [0.2, 0.25) is 5.88 Å². The first kappa shape index (κ1) is 20.2. The normalized spacial score (nSPS) is 32.8. The van der Waals surface area contributed by atoms with Gasteiger partial charge in [0.15, 0.2) is 5.79 Å². The molecule has 3 atom stereocenters. The largest absolute Gasteiger partial charge is 0.477 e. The van der Waals surface area contributed by atoms with Crippen LogP contribution < -0.4 is 10.5 Å². The number of rotatable bonds is 4. The van der Waals surface area contributed by atoms with Gasteiger partial charge in [-0.05, 0) is 51.2 Å². The zero-order chi connectivity index (χ0) is 22.1. The smallest absolute Gasteiger partial charge is 0.214 e. The Kier molecular flexibility index (Phi) is 4.44. The van der Waals surface area contributed by atoms with Crippen molar-refractivity contribution in [1.29, 1.82) is 0 Å². The fourth-order valence-electron chi connectivity index (χ4n) is 5.99. The lowest BCUT2D eigenvalue weighted by Gasteiger charge is -2.48.